The summed E-state index contributed by atoms with van der Waals surface area (Å²) in [6.07, 6.45) is 1.73. The van der Waals surface area contributed by atoms with E-state index >= 15 is 0 Å². The molecular formula is C13H11BrN4O2. The predicted octanol–water partition coefficient (Wildman–Crippen LogP) is 1.62. The largest absolute Gasteiger partial charge is 0.299 e. The van der Waals surface area contributed by atoms with Gasteiger partial charge in [-0.15, -0.1) is 5.10 Å². The number of benzene rings is 1. The van der Waals surface area contributed by atoms with Crippen LogP contribution in [0.5, 0.6) is 0 Å². The smallest absolute Gasteiger partial charge is 0.298 e. The van der Waals surface area contributed by atoms with Gasteiger partial charge in [-0.05, 0) is 24.6 Å². The second-order valence-corrected chi connectivity index (χ2v) is 5.64. The second kappa shape index (κ2) is 4.52. The van der Waals surface area contributed by atoms with Crippen LogP contribution in [0, 0.1) is 6.92 Å². The van der Waals surface area contributed by atoms with Crippen molar-refractivity contribution in [3.05, 3.63) is 39.6 Å². The van der Waals surface area contributed by atoms with E-state index in [2.05, 4.69) is 26.2 Å². The highest BCUT2D eigenvalue weighted by Gasteiger charge is 2.37. The fraction of sp³-hybridized carbons (Fsp3) is 0.231. The van der Waals surface area contributed by atoms with Gasteiger partial charge in [-0.2, -0.15) is 0 Å². The highest BCUT2D eigenvalue weighted by Crippen LogP contribution is 2.35. The lowest BCUT2D eigenvalue weighted by atomic mass is 10.1. The van der Waals surface area contributed by atoms with E-state index < -0.39 is 11.7 Å². The normalized spacial score (nSPS) is 14.1. The molecule has 0 N–H and O–H groups in total. The number of carbonyl (C=O) groups is 2. The molecule has 1 amide bonds. The van der Waals surface area contributed by atoms with E-state index in [0.29, 0.717) is 16.9 Å². The van der Waals surface area contributed by atoms with E-state index in [1.165, 1.54) is 4.90 Å². The maximum Gasteiger partial charge on any atom is 0.299 e. The first-order chi connectivity index (χ1) is 9.47. The van der Waals surface area contributed by atoms with Gasteiger partial charge >= 0.3 is 0 Å². The van der Waals surface area contributed by atoms with E-state index in [-0.39, 0.29) is 6.54 Å². The molecular weight excluding hydrogens is 324 g/mol. The zero-order chi connectivity index (χ0) is 14.4. The zero-order valence-electron chi connectivity index (χ0n) is 10.9. The Morgan fingerprint density at radius 2 is 2.05 bits per heavy atom. The first-order valence-corrected chi connectivity index (χ1v) is 6.78. The van der Waals surface area contributed by atoms with E-state index in [1.54, 1.807) is 24.0 Å². The average molecular weight is 335 g/mol. The summed E-state index contributed by atoms with van der Waals surface area (Å²) in [4.78, 5) is 25.7. The molecule has 6 nitrogen and oxygen atoms in total. The molecule has 20 heavy (non-hydrogen) atoms. The van der Waals surface area contributed by atoms with Gasteiger partial charge in [0, 0.05) is 17.7 Å². The van der Waals surface area contributed by atoms with Gasteiger partial charge in [-0.1, -0.05) is 21.1 Å². The minimum atomic E-state index is -0.521. The Hall–Kier alpha value is -2.02. The SMILES string of the molecule is Cc1cc(Br)cc2c1N(Cc1cn(C)nn1)C(=O)C2=O. The number of carbonyl (C=O) groups excluding carboxylic acids is 2. The number of aryl methyl sites for hydroxylation is 2. The molecule has 1 aliphatic rings. The monoisotopic (exact) mass is 334 g/mol. The summed E-state index contributed by atoms with van der Waals surface area (Å²) in [6, 6.07) is 3.56. The third-order valence-corrected chi connectivity index (χ3v) is 3.65. The van der Waals surface area contributed by atoms with Gasteiger partial charge in [0.05, 0.1) is 17.8 Å². The lowest BCUT2D eigenvalue weighted by molar-refractivity contribution is -0.114. The number of ketones is 1. The van der Waals surface area contributed by atoms with Crippen molar-refractivity contribution >= 4 is 33.3 Å². The van der Waals surface area contributed by atoms with E-state index in [1.807, 2.05) is 13.0 Å². The molecule has 7 heteroatoms. The Morgan fingerprint density at radius 1 is 1.30 bits per heavy atom. The average Bonchev–Trinajstić information content (AvgIpc) is 2.88. The standard InChI is InChI=1S/C13H11BrN4O2/c1-7-3-8(14)4-10-11(7)18(13(20)12(10)19)6-9-5-17(2)16-15-9/h3-5H,6H2,1-2H3. The molecule has 0 saturated heterocycles. The predicted molar refractivity (Wildman–Crippen MR) is 75.4 cm³/mol. The van der Waals surface area contributed by atoms with Gasteiger partial charge in [0.2, 0.25) is 0 Å². The van der Waals surface area contributed by atoms with Crippen LogP contribution in [-0.2, 0) is 18.4 Å². The number of hydrogen-bond acceptors (Lipinski definition) is 4. The van der Waals surface area contributed by atoms with Crippen molar-refractivity contribution in [3.8, 4) is 0 Å². The van der Waals surface area contributed by atoms with Crippen LogP contribution in [0.4, 0.5) is 5.69 Å². The van der Waals surface area contributed by atoms with E-state index in [4.69, 9.17) is 0 Å². The molecule has 0 aliphatic carbocycles. The van der Waals surface area contributed by atoms with Crippen molar-refractivity contribution in [1.82, 2.24) is 15.0 Å². The first-order valence-electron chi connectivity index (χ1n) is 5.99. The summed E-state index contributed by atoms with van der Waals surface area (Å²) in [6.45, 7) is 2.12. The van der Waals surface area contributed by atoms with Crippen LogP contribution in [-0.4, -0.2) is 26.7 Å². The molecule has 0 spiro atoms. The molecule has 0 atom stereocenters. The molecule has 2 heterocycles. The summed E-state index contributed by atoms with van der Waals surface area (Å²) < 4.78 is 2.35. The van der Waals surface area contributed by atoms with Crippen molar-refractivity contribution < 1.29 is 9.59 Å². The van der Waals surface area contributed by atoms with Crippen LogP contribution in [0.25, 0.3) is 0 Å². The van der Waals surface area contributed by atoms with Gasteiger partial charge in [0.15, 0.2) is 0 Å². The van der Waals surface area contributed by atoms with Crippen LogP contribution < -0.4 is 4.90 Å². The third-order valence-electron chi connectivity index (χ3n) is 3.19. The van der Waals surface area contributed by atoms with Gasteiger partial charge in [0.25, 0.3) is 11.7 Å². The number of hydrogen-bond donors (Lipinski definition) is 0. The topological polar surface area (TPSA) is 68.1 Å². The van der Waals surface area contributed by atoms with Crippen molar-refractivity contribution in [1.29, 1.82) is 0 Å². The molecule has 1 aromatic carbocycles. The Balaban J connectivity index is 2.06. The number of amides is 1. The Kier molecular flexibility index (Phi) is 2.93. The maximum atomic E-state index is 12.1. The Labute approximate surface area is 123 Å². The quantitative estimate of drug-likeness (QED) is 0.782. The van der Waals surface area contributed by atoms with E-state index in [9.17, 15) is 9.59 Å². The summed E-state index contributed by atoms with van der Waals surface area (Å²) in [7, 11) is 1.75. The first kappa shape index (κ1) is 13.0. The highest BCUT2D eigenvalue weighted by atomic mass is 79.9. The molecule has 2 aromatic rings. The van der Waals surface area contributed by atoms with Crippen LogP contribution in [0.2, 0.25) is 0 Å². The Bertz CT molecular complexity index is 738. The number of Topliss-reactive ketones (excluding diaryl/α,β-unsaturated/α-hetero) is 1. The fourth-order valence-electron chi connectivity index (χ4n) is 2.39. The lowest BCUT2D eigenvalue weighted by Gasteiger charge is -2.17. The molecule has 0 fully saturated rings. The van der Waals surface area contributed by atoms with Gasteiger partial charge in [-0.3, -0.25) is 19.2 Å². The number of fused-ring (bicyclic) bond motifs is 1. The minimum absolute atomic E-state index is 0.244. The third kappa shape index (κ3) is 1.94. The van der Waals surface area contributed by atoms with Crippen molar-refractivity contribution in [2.75, 3.05) is 4.90 Å². The van der Waals surface area contributed by atoms with Crippen LogP contribution >= 0.6 is 15.9 Å². The summed E-state index contributed by atoms with van der Waals surface area (Å²) >= 11 is 3.35. The number of nitrogens with zero attached hydrogens (tertiary/aromatic N) is 4. The molecule has 1 aliphatic heterocycles. The molecule has 0 unspecified atom stereocenters. The highest BCUT2D eigenvalue weighted by molar-refractivity contribution is 9.10. The van der Waals surface area contributed by atoms with Gasteiger partial charge < -0.3 is 0 Å². The lowest BCUT2D eigenvalue weighted by Crippen LogP contribution is -2.29. The zero-order valence-corrected chi connectivity index (χ0v) is 12.5. The number of rotatable bonds is 2. The summed E-state index contributed by atoms with van der Waals surface area (Å²) in [5.41, 5.74) is 2.61. The fourth-order valence-corrected chi connectivity index (χ4v) is 2.96. The van der Waals surface area contributed by atoms with E-state index in [0.717, 1.165) is 10.0 Å². The van der Waals surface area contributed by atoms with Crippen molar-refractivity contribution in [2.45, 2.75) is 13.5 Å². The molecule has 0 saturated carbocycles. The van der Waals surface area contributed by atoms with Crippen molar-refractivity contribution in [3.63, 3.8) is 0 Å². The maximum absolute atomic E-state index is 12.1. The second-order valence-electron chi connectivity index (χ2n) is 4.72. The molecule has 0 bridgehead atoms. The van der Waals surface area contributed by atoms with Gasteiger partial charge in [-0.25, -0.2) is 0 Å². The molecule has 0 radical (unpaired) electrons. The van der Waals surface area contributed by atoms with Crippen LogP contribution in [0.15, 0.2) is 22.8 Å². The van der Waals surface area contributed by atoms with Gasteiger partial charge in [0.1, 0.15) is 5.69 Å². The number of halogens is 1. The Morgan fingerprint density at radius 3 is 2.70 bits per heavy atom. The van der Waals surface area contributed by atoms with Crippen LogP contribution in [0.1, 0.15) is 21.6 Å². The molecule has 3 rings (SSSR count). The summed E-state index contributed by atoms with van der Waals surface area (Å²) in [5.74, 6) is -1.000. The van der Waals surface area contributed by atoms with Crippen molar-refractivity contribution in [2.24, 2.45) is 7.05 Å². The molecule has 1 aromatic heterocycles. The summed E-state index contributed by atoms with van der Waals surface area (Å²) in [5, 5.41) is 7.79. The molecule has 102 valence electrons. The van der Waals surface area contributed by atoms with Crippen LogP contribution in [0.3, 0.4) is 0 Å². The number of aromatic nitrogens is 3. The number of anilines is 1. The minimum Gasteiger partial charge on any atom is -0.298 e.